The summed E-state index contributed by atoms with van der Waals surface area (Å²) in [4.78, 5) is 18.3. The topological polar surface area (TPSA) is 52.9 Å². The molecule has 0 radical (unpaired) electrons. The second kappa shape index (κ2) is 7.13. The first kappa shape index (κ1) is 15.4. The summed E-state index contributed by atoms with van der Waals surface area (Å²) in [6.07, 6.45) is 4.36. The molecule has 112 valence electrons. The summed E-state index contributed by atoms with van der Waals surface area (Å²) in [5.74, 6) is -0.561. The van der Waals surface area contributed by atoms with Gasteiger partial charge in [-0.2, -0.15) is 0 Å². The highest BCUT2D eigenvalue weighted by atomic mass is 19.1. The van der Waals surface area contributed by atoms with E-state index in [2.05, 4.69) is 4.99 Å². The predicted molar refractivity (Wildman–Crippen MR) is 81.1 cm³/mol. The third-order valence-corrected chi connectivity index (χ3v) is 3.32. The van der Waals surface area contributed by atoms with Gasteiger partial charge < -0.3 is 10.0 Å². The minimum atomic E-state index is -0.388. The van der Waals surface area contributed by atoms with Gasteiger partial charge in [-0.05, 0) is 24.6 Å². The number of carbonyl (C=O) groups excluding carboxylic acids is 1. The van der Waals surface area contributed by atoms with Crippen LogP contribution >= 0.6 is 0 Å². The van der Waals surface area contributed by atoms with Gasteiger partial charge in [-0.1, -0.05) is 13.0 Å². The predicted octanol–water partition coefficient (Wildman–Crippen LogP) is 2.55. The fourth-order valence-electron chi connectivity index (χ4n) is 2.31. The number of aliphatic imine (C=N–C) groups is 1. The van der Waals surface area contributed by atoms with Gasteiger partial charge in [0.25, 0.3) is 0 Å². The average Bonchev–Trinajstić information content (AvgIpc) is 2.70. The number of nitrogens with zero attached hydrogens (tertiary/aromatic N) is 2. The summed E-state index contributed by atoms with van der Waals surface area (Å²) in [5, 5.41) is 9.07. The molecule has 21 heavy (non-hydrogen) atoms. The molecule has 0 unspecified atom stereocenters. The number of benzene rings is 1. The molecule has 0 bridgehead atoms. The number of aliphatic hydroxyl groups excluding tert-OH is 1. The van der Waals surface area contributed by atoms with E-state index in [1.807, 2.05) is 6.92 Å². The molecular formula is C16H19FN2O2. The Bertz CT molecular complexity index is 576. The van der Waals surface area contributed by atoms with Crippen LogP contribution in [0.25, 0.3) is 6.08 Å². The Labute approximate surface area is 123 Å². The van der Waals surface area contributed by atoms with E-state index in [0.29, 0.717) is 29.8 Å². The zero-order valence-corrected chi connectivity index (χ0v) is 12.1. The van der Waals surface area contributed by atoms with Crippen LogP contribution < -0.4 is 0 Å². The van der Waals surface area contributed by atoms with E-state index in [0.717, 1.165) is 6.42 Å². The lowest BCUT2D eigenvalue weighted by Gasteiger charge is -2.22. The molecule has 1 aliphatic heterocycles. The van der Waals surface area contributed by atoms with E-state index in [9.17, 15) is 9.18 Å². The van der Waals surface area contributed by atoms with Crippen molar-refractivity contribution in [2.24, 2.45) is 4.99 Å². The second-order valence-corrected chi connectivity index (χ2v) is 4.87. The third kappa shape index (κ3) is 3.55. The van der Waals surface area contributed by atoms with Crippen LogP contribution in [0.15, 0.2) is 28.8 Å². The molecule has 1 N–H and O–H groups in total. The van der Waals surface area contributed by atoms with Crippen molar-refractivity contribution in [2.45, 2.75) is 19.8 Å². The van der Waals surface area contributed by atoms with Crippen molar-refractivity contribution in [3.05, 3.63) is 35.2 Å². The average molecular weight is 290 g/mol. The van der Waals surface area contributed by atoms with Gasteiger partial charge in [0.2, 0.25) is 5.91 Å². The minimum absolute atomic E-state index is 0.0853. The van der Waals surface area contributed by atoms with Crippen molar-refractivity contribution in [2.75, 3.05) is 19.7 Å². The highest BCUT2D eigenvalue weighted by molar-refractivity contribution is 6.02. The number of aliphatic hydroxyl groups is 1. The molecule has 0 saturated carbocycles. The van der Waals surface area contributed by atoms with Crippen LogP contribution in [0.4, 0.5) is 10.1 Å². The van der Waals surface area contributed by atoms with Gasteiger partial charge in [0, 0.05) is 36.9 Å². The van der Waals surface area contributed by atoms with E-state index in [1.54, 1.807) is 29.3 Å². The van der Waals surface area contributed by atoms with Crippen molar-refractivity contribution in [3.8, 4) is 0 Å². The van der Waals surface area contributed by atoms with Crippen LogP contribution in [-0.4, -0.2) is 41.8 Å². The second-order valence-electron chi connectivity index (χ2n) is 4.87. The van der Waals surface area contributed by atoms with Gasteiger partial charge in [-0.3, -0.25) is 9.79 Å². The Balaban J connectivity index is 2.33. The molecule has 1 aliphatic rings. The number of carbonyl (C=O) groups is 1. The number of rotatable bonds is 5. The van der Waals surface area contributed by atoms with Crippen LogP contribution in [0.5, 0.6) is 0 Å². The lowest BCUT2D eigenvalue weighted by molar-refractivity contribution is -0.127. The molecular weight excluding hydrogens is 271 g/mol. The zero-order chi connectivity index (χ0) is 15.2. The fourth-order valence-corrected chi connectivity index (χ4v) is 2.31. The van der Waals surface area contributed by atoms with Gasteiger partial charge in [0.1, 0.15) is 5.82 Å². The minimum Gasteiger partial charge on any atom is -0.395 e. The lowest BCUT2D eigenvalue weighted by Crippen LogP contribution is -2.35. The highest BCUT2D eigenvalue weighted by Crippen LogP contribution is 2.28. The van der Waals surface area contributed by atoms with Gasteiger partial charge in [0.05, 0.1) is 12.3 Å². The molecule has 5 heteroatoms. The van der Waals surface area contributed by atoms with Crippen LogP contribution in [-0.2, 0) is 4.79 Å². The first-order chi connectivity index (χ1) is 10.2. The summed E-state index contributed by atoms with van der Waals surface area (Å²) in [6, 6.07) is 4.67. The van der Waals surface area contributed by atoms with Crippen LogP contribution in [0.1, 0.15) is 25.3 Å². The summed E-state index contributed by atoms with van der Waals surface area (Å²) < 4.78 is 13.9. The SMILES string of the molecule is CCCN(CCO)C(=O)C1=Cc2c(F)cccc2N=CC1. The van der Waals surface area contributed by atoms with Crippen molar-refractivity contribution in [1.82, 2.24) is 4.90 Å². The quantitative estimate of drug-likeness (QED) is 0.906. The van der Waals surface area contributed by atoms with E-state index in [-0.39, 0.29) is 24.9 Å². The van der Waals surface area contributed by atoms with Crippen LogP contribution in [0.2, 0.25) is 0 Å². The van der Waals surface area contributed by atoms with Crippen molar-refractivity contribution < 1.29 is 14.3 Å². The van der Waals surface area contributed by atoms with Crippen molar-refractivity contribution in [3.63, 3.8) is 0 Å². The largest absolute Gasteiger partial charge is 0.395 e. The number of fused-ring (bicyclic) bond motifs is 1. The molecule has 1 heterocycles. The number of hydrogen-bond acceptors (Lipinski definition) is 3. The molecule has 1 aromatic carbocycles. The Morgan fingerprint density at radius 1 is 1.43 bits per heavy atom. The Kier molecular flexibility index (Phi) is 5.22. The fraction of sp³-hybridized carbons (Fsp3) is 0.375. The van der Waals surface area contributed by atoms with Crippen molar-refractivity contribution in [1.29, 1.82) is 0 Å². The molecule has 0 aliphatic carbocycles. The number of hydrogen-bond donors (Lipinski definition) is 1. The maximum atomic E-state index is 13.9. The van der Waals surface area contributed by atoms with Gasteiger partial charge in [-0.25, -0.2) is 4.39 Å². The summed E-state index contributed by atoms with van der Waals surface area (Å²) in [6.45, 7) is 2.73. The van der Waals surface area contributed by atoms with E-state index < -0.39 is 0 Å². The van der Waals surface area contributed by atoms with E-state index in [4.69, 9.17) is 5.11 Å². The summed E-state index contributed by atoms with van der Waals surface area (Å²) in [7, 11) is 0. The monoisotopic (exact) mass is 290 g/mol. The Morgan fingerprint density at radius 2 is 2.24 bits per heavy atom. The first-order valence-electron chi connectivity index (χ1n) is 7.09. The molecule has 4 nitrogen and oxygen atoms in total. The Morgan fingerprint density at radius 3 is 2.95 bits per heavy atom. The maximum Gasteiger partial charge on any atom is 0.250 e. The van der Waals surface area contributed by atoms with E-state index in [1.165, 1.54) is 6.07 Å². The standard InChI is InChI=1S/C16H19FN2O2/c1-2-8-19(9-10-20)16(21)12-6-7-18-15-5-3-4-14(17)13(15)11-12/h3-5,7,11,20H,2,6,8-10H2,1H3. The number of halogens is 1. The first-order valence-corrected chi connectivity index (χ1v) is 7.09. The molecule has 0 saturated heterocycles. The smallest absolute Gasteiger partial charge is 0.250 e. The number of amides is 1. The third-order valence-electron chi connectivity index (χ3n) is 3.32. The van der Waals surface area contributed by atoms with Crippen molar-refractivity contribution >= 4 is 23.9 Å². The highest BCUT2D eigenvalue weighted by Gasteiger charge is 2.19. The molecule has 0 atom stereocenters. The molecule has 0 fully saturated rings. The normalized spacial score (nSPS) is 13.4. The molecule has 2 rings (SSSR count). The summed E-state index contributed by atoms with van der Waals surface area (Å²) >= 11 is 0. The molecule has 1 aromatic rings. The Hall–Kier alpha value is -2.01. The van der Waals surface area contributed by atoms with Gasteiger partial charge >= 0.3 is 0 Å². The molecule has 1 amide bonds. The van der Waals surface area contributed by atoms with E-state index >= 15 is 0 Å². The summed E-state index contributed by atoms with van der Waals surface area (Å²) in [5.41, 5.74) is 1.36. The maximum absolute atomic E-state index is 13.9. The van der Waals surface area contributed by atoms with Gasteiger partial charge in [-0.15, -0.1) is 0 Å². The van der Waals surface area contributed by atoms with Crippen LogP contribution in [0, 0.1) is 5.82 Å². The molecule has 0 aromatic heterocycles. The molecule has 0 spiro atoms. The lowest BCUT2D eigenvalue weighted by atomic mass is 10.1. The zero-order valence-electron chi connectivity index (χ0n) is 12.1. The van der Waals surface area contributed by atoms with Gasteiger partial charge in [0.15, 0.2) is 0 Å². The van der Waals surface area contributed by atoms with Crippen LogP contribution in [0.3, 0.4) is 0 Å².